The van der Waals surface area contributed by atoms with Gasteiger partial charge >= 0.3 is 0 Å². The molecule has 1 heterocycles. The molecular weight excluding hydrogens is 194 g/mol. The fourth-order valence-electron chi connectivity index (χ4n) is 1.60. The van der Waals surface area contributed by atoms with Gasteiger partial charge in [-0.3, -0.25) is 0 Å². The highest BCUT2D eigenvalue weighted by atomic mass is 32.2. The Balaban J connectivity index is 2.08. The van der Waals surface area contributed by atoms with Gasteiger partial charge in [-0.15, -0.1) is 0 Å². The molecule has 0 aromatic rings. The second kappa shape index (κ2) is 5.99. The average Bonchev–Trinajstić information content (AvgIpc) is 2.19. The van der Waals surface area contributed by atoms with E-state index in [2.05, 4.69) is 17.1 Å². The predicted octanol–water partition coefficient (Wildman–Crippen LogP) is 2.02. The van der Waals surface area contributed by atoms with Crippen LogP contribution in [0.1, 0.15) is 39.5 Å². The number of aliphatic hydroxyl groups is 1. The topological polar surface area (TPSA) is 32.3 Å². The summed E-state index contributed by atoms with van der Waals surface area (Å²) in [6.07, 6.45) is 4.92. The number of hydrogen-bond acceptors (Lipinski definition) is 3. The summed E-state index contributed by atoms with van der Waals surface area (Å²) in [6.45, 7) is 5.70. The Bertz CT molecular complexity index is 155. The van der Waals surface area contributed by atoms with Crippen LogP contribution in [-0.4, -0.2) is 34.8 Å². The molecule has 3 heteroatoms. The minimum Gasteiger partial charge on any atom is -0.389 e. The molecular formula is C11H23NOS. The zero-order valence-electron chi connectivity index (χ0n) is 9.38. The van der Waals surface area contributed by atoms with E-state index in [-0.39, 0.29) is 0 Å². The van der Waals surface area contributed by atoms with Crippen molar-refractivity contribution in [2.24, 2.45) is 0 Å². The molecule has 2 nitrogen and oxygen atoms in total. The van der Waals surface area contributed by atoms with Crippen molar-refractivity contribution in [2.45, 2.75) is 50.4 Å². The molecule has 0 spiro atoms. The van der Waals surface area contributed by atoms with Crippen molar-refractivity contribution in [3.05, 3.63) is 0 Å². The van der Waals surface area contributed by atoms with Gasteiger partial charge in [0, 0.05) is 18.3 Å². The molecule has 1 fully saturated rings. The highest BCUT2D eigenvalue weighted by molar-refractivity contribution is 7.99. The van der Waals surface area contributed by atoms with Crippen LogP contribution in [0.15, 0.2) is 0 Å². The summed E-state index contributed by atoms with van der Waals surface area (Å²) in [4.78, 5) is 0. The standard InChI is InChI=1S/C11H23NOS/c1-3-11(2,13)9-12-8-10-6-4-5-7-14-10/h10,12-13H,3-9H2,1-2H3. The van der Waals surface area contributed by atoms with Gasteiger partial charge in [0.15, 0.2) is 0 Å². The predicted molar refractivity (Wildman–Crippen MR) is 63.9 cm³/mol. The van der Waals surface area contributed by atoms with Crippen LogP contribution >= 0.6 is 11.8 Å². The molecule has 1 aliphatic heterocycles. The highest BCUT2D eigenvalue weighted by Crippen LogP contribution is 2.24. The zero-order chi connectivity index (χ0) is 10.4. The molecule has 0 saturated carbocycles. The summed E-state index contributed by atoms with van der Waals surface area (Å²) >= 11 is 2.08. The number of nitrogens with one attached hydrogen (secondary N) is 1. The monoisotopic (exact) mass is 217 g/mol. The molecule has 1 saturated heterocycles. The van der Waals surface area contributed by atoms with Crippen molar-refractivity contribution < 1.29 is 5.11 Å². The third kappa shape index (κ3) is 4.67. The maximum absolute atomic E-state index is 9.78. The van der Waals surface area contributed by atoms with Gasteiger partial charge in [-0.2, -0.15) is 11.8 Å². The molecule has 2 N–H and O–H groups in total. The lowest BCUT2D eigenvalue weighted by Gasteiger charge is -2.25. The van der Waals surface area contributed by atoms with Crippen molar-refractivity contribution >= 4 is 11.8 Å². The van der Waals surface area contributed by atoms with E-state index in [1.165, 1.54) is 25.0 Å². The molecule has 0 bridgehead atoms. The van der Waals surface area contributed by atoms with E-state index in [9.17, 15) is 5.11 Å². The van der Waals surface area contributed by atoms with Crippen LogP contribution in [0.25, 0.3) is 0 Å². The Morgan fingerprint density at radius 1 is 1.50 bits per heavy atom. The SMILES string of the molecule is CCC(C)(O)CNCC1CCCCS1. The maximum atomic E-state index is 9.78. The average molecular weight is 217 g/mol. The van der Waals surface area contributed by atoms with E-state index in [4.69, 9.17) is 0 Å². The smallest absolute Gasteiger partial charge is 0.0740 e. The van der Waals surface area contributed by atoms with Gasteiger partial charge in [-0.25, -0.2) is 0 Å². The van der Waals surface area contributed by atoms with Crippen molar-refractivity contribution in [2.75, 3.05) is 18.8 Å². The van der Waals surface area contributed by atoms with Gasteiger partial charge in [0.05, 0.1) is 5.60 Å². The first kappa shape index (κ1) is 12.3. The molecule has 84 valence electrons. The van der Waals surface area contributed by atoms with E-state index in [0.29, 0.717) is 0 Å². The van der Waals surface area contributed by atoms with Gasteiger partial charge < -0.3 is 10.4 Å². The van der Waals surface area contributed by atoms with Crippen LogP contribution in [-0.2, 0) is 0 Å². The van der Waals surface area contributed by atoms with E-state index in [1.807, 2.05) is 13.8 Å². The van der Waals surface area contributed by atoms with Crippen molar-refractivity contribution in [3.63, 3.8) is 0 Å². The van der Waals surface area contributed by atoms with Crippen LogP contribution < -0.4 is 5.32 Å². The summed E-state index contributed by atoms with van der Waals surface area (Å²) < 4.78 is 0. The fourth-order valence-corrected chi connectivity index (χ4v) is 2.87. The van der Waals surface area contributed by atoms with E-state index >= 15 is 0 Å². The molecule has 2 atom stereocenters. The zero-order valence-corrected chi connectivity index (χ0v) is 10.2. The molecule has 0 aromatic carbocycles. The first-order valence-electron chi connectivity index (χ1n) is 5.69. The molecule has 0 aromatic heterocycles. The van der Waals surface area contributed by atoms with Crippen molar-refractivity contribution in [3.8, 4) is 0 Å². The van der Waals surface area contributed by atoms with Gasteiger partial charge in [-0.1, -0.05) is 13.3 Å². The van der Waals surface area contributed by atoms with E-state index < -0.39 is 5.60 Å². The highest BCUT2D eigenvalue weighted by Gasteiger charge is 2.18. The first-order chi connectivity index (χ1) is 6.64. The number of hydrogen-bond donors (Lipinski definition) is 2. The van der Waals surface area contributed by atoms with Gasteiger partial charge in [0.1, 0.15) is 0 Å². The van der Waals surface area contributed by atoms with Crippen molar-refractivity contribution in [1.29, 1.82) is 0 Å². The third-order valence-corrected chi connectivity index (χ3v) is 4.31. The van der Waals surface area contributed by atoms with Crippen LogP contribution in [0.3, 0.4) is 0 Å². The second-order valence-corrected chi connectivity index (χ2v) is 5.88. The Labute approximate surface area is 91.9 Å². The van der Waals surface area contributed by atoms with Crippen molar-refractivity contribution in [1.82, 2.24) is 5.32 Å². The van der Waals surface area contributed by atoms with Crippen LogP contribution in [0, 0.1) is 0 Å². The first-order valence-corrected chi connectivity index (χ1v) is 6.73. The summed E-state index contributed by atoms with van der Waals surface area (Å²) in [6, 6.07) is 0. The molecule has 14 heavy (non-hydrogen) atoms. The van der Waals surface area contributed by atoms with Crippen LogP contribution in [0.2, 0.25) is 0 Å². The molecule has 1 rings (SSSR count). The van der Waals surface area contributed by atoms with Gasteiger partial charge in [0.2, 0.25) is 0 Å². The molecule has 1 aliphatic rings. The lowest BCUT2D eigenvalue weighted by molar-refractivity contribution is 0.0560. The molecule has 0 radical (unpaired) electrons. The molecule has 2 unspecified atom stereocenters. The maximum Gasteiger partial charge on any atom is 0.0740 e. The number of rotatable bonds is 5. The minimum atomic E-state index is -0.528. The lowest BCUT2D eigenvalue weighted by atomic mass is 10.0. The quantitative estimate of drug-likeness (QED) is 0.739. The summed E-state index contributed by atoms with van der Waals surface area (Å²) in [5, 5.41) is 13.9. The Kier molecular flexibility index (Phi) is 5.28. The Morgan fingerprint density at radius 2 is 2.29 bits per heavy atom. The third-order valence-electron chi connectivity index (χ3n) is 2.91. The summed E-state index contributed by atoms with van der Waals surface area (Å²) in [7, 11) is 0. The van der Waals surface area contributed by atoms with Gasteiger partial charge in [-0.05, 0) is 31.9 Å². The van der Waals surface area contributed by atoms with Gasteiger partial charge in [0.25, 0.3) is 0 Å². The summed E-state index contributed by atoms with van der Waals surface area (Å²) in [5.74, 6) is 1.32. The van der Waals surface area contributed by atoms with Crippen LogP contribution in [0.5, 0.6) is 0 Å². The lowest BCUT2D eigenvalue weighted by Crippen LogP contribution is -2.40. The Hall–Kier alpha value is 0.270. The Morgan fingerprint density at radius 3 is 2.86 bits per heavy atom. The molecule has 0 amide bonds. The number of thioether (sulfide) groups is 1. The second-order valence-electron chi connectivity index (χ2n) is 4.47. The largest absolute Gasteiger partial charge is 0.389 e. The minimum absolute atomic E-state index is 0.528. The van der Waals surface area contributed by atoms with E-state index in [0.717, 1.165) is 24.8 Å². The van der Waals surface area contributed by atoms with E-state index in [1.54, 1.807) is 0 Å². The summed E-state index contributed by atoms with van der Waals surface area (Å²) in [5.41, 5.74) is -0.528. The van der Waals surface area contributed by atoms with Crippen LogP contribution in [0.4, 0.5) is 0 Å². The normalized spacial score (nSPS) is 27.2. The molecule has 0 aliphatic carbocycles. The fraction of sp³-hybridized carbons (Fsp3) is 1.00.